The van der Waals surface area contributed by atoms with Gasteiger partial charge in [-0.2, -0.15) is 0 Å². The Hall–Kier alpha value is -1.91. The number of halogens is 2. The Morgan fingerprint density at radius 1 is 1.20 bits per heavy atom. The summed E-state index contributed by atoms with van der Waals surface area (Å²) in [6.45, 7) is 1.81. The Morgan fingerprint density at radius 2 is 1.84 bits per heavy atom. The summed E-state index contributed by atoms with van der Waals surface area (Å²) in [7, 11) is 0. The van der Waals surface area contributed by atoms with Gasteiger partial charge in [-0.15, -0.1) is 0 Å². The first kappa shape index (κ1) is 17.9. The molecule has 1 fully saturated rings. The van der Waals surface area contributed by atoms with E-state index >= 15 is 0 Å². The molecule has 2 aromatic rings. The molecule has 0 spiro atoms. The summed E-state index contributed by atoms with van der Waals surface area (Å²) >= 11 is 12.0. The van der Waals surface area contributed by atoms with E-state index in [9.17, 15) is 4.79 Å². The molecule has 0 radical (unpaired) electrons. The second kappa shape index (κ2) is 7.54. The summed E-state index contributed by atoms with van der Waals surface area (Å²) in [4.78, 5) is 11.3. The summed E-state index contributed by atoms with van der Waals surface area (Å²) in [5.41, 5.74) is 9.39. The molecule has 4 nitrogen and oxygen atoms in total. The molecule has 6 heteroatoms. The molecule has 0 atom stereocenters. The normalized spacial score (nSPS) is 19.2. The van der Waals surface area contributed by atoms with Crippen molar-refractivity contribution in [2.45, 2.75) is 38.2 Å². The lowest BCUT2D eigenvalue weighted by Gasteiger charge is -2.35. The van der Waals surface area contributed by atoms with Gasteiger partial charge in [0.1, 0.15) is 6.10 Å². The summed E-state index contributed by atoms with van der Waals surface area (Å²) in [5.74, 6) is 0.320. The first-order valence-electron chi connectivity index (χ1n) is 8.27. The third kappa shape index (κ3) is 4.20. The van der Waals surface area contributed by atoms with Gasteiger partial charge < -0.3 is 15.8 Å². The fraction of sp³-hybridized carbons (Fsp3) is 0.316. The Kier molecular flexibility index (Phi) is 5.40. The monoisotopic (exact) mass is 378 g/mol. The van der Waals surface area contributed by atoms with Crippen LogP contribution in [0.2, 0.25) is 10.0 Å². The van der Waals surface area contributed by atoms with E-state index in [-0.39, 0.29) is 12.1 Å². The second-order valence-corrected chi connectivity index (χ2v) is 7.05. The number of nitrogen functional groups attached to an aromatic ring is 1. The fourth-order valence-corrected chi connectivity index (χ4v) is 3.20. The smallest absolute Gasteiger partial charge is 0.305 e. The van der Waals surface area contributed by atoms with E-state index in [4.69, 9.17) is 33.7 Å². The first-order chi connectivity index (χ1) is 12.0. The average Bonchev–Trinajstić information content (AvgIpc) is 2.56. The van der Waals surface area contributed by atoms with Crippen LogP contribution in [0.25, 0.3) is 0 Å². The molecule has 0 aromatic heterocycles. The highest BCUT2D eigenvalue weighted by molar-refractivity contribution is 6.42. The van der Waals surface area contributed by atoms with Gasteiger partial charge in [-0.25, -0.2) is 0 Å². The van der Waals surface area contributed by atoms with Crippen molar-refractivity contribution in [1.82, 2.24) is 0 Å². The molecule has 0 aliphatic heterocycles. The van der Waals surface area contributed by atoms with Crippen molar-refractivity contribution >= 4 is 46.2 Å². The largest absolute Gasteiger partial charge is 0.462 e. The molecule has 1 aliphatic carbocycles. The highest BCUT2D eigenvalue weighted by atomic mass is 35.5. The molecule has 0 amide bonds. The summed E-state index contributed by atoms with van der Waals surface area (Å²) < 4.78 is 5.34. The number of anilines is 3. The maximum absolute atomic E-state index is 11.3. The van der Waals surface area contributed by atoms with E-state index in [0.717, 1.165) is 24.2 Å². The van der Waals surface area contributed by atoms with Crippen LogP contribution in [0.3, 0.4) is 0 Å². The standard InChI is InChI=1S/C19H20Cl2N2O2/c1-2-19(24)25-14-7-12(8-14)11-3-5-13(6-4-11)23-18-10-16(21)15(20)9-17(18)22/h3-6,9-10,12,14,23H,2,7-8,22H2,1H3/t12-,14-. The van der Waals surface area contributed by atoms with Gasteiger partial charge in [0, 0.05) is 12.1 Å². The molecule has 3 rings (SSSR count). The predicted molar refractivity (Wildman–Crippen MR) is 103 cm³/mol. The van der Waals surface area contributed by atoms with Gasteiger partial charge in [0.05, 0.1) is 21.4 Å². The molecule has 0 unspecified atom stereocenters. The second-order valence-electron chi connectivity index (χ2n) is 6.23. The molecular formula is C19H20Cl2N2O2. The molecule has 1 aliphatic rings. The summed E-state index contributed by atoms with van der Waals surface area (Å²) in [6, 6.07) is 11.5. The van der Waals surface area contributed by atoms with Gasteiger partial charge in [-0.05, 0) is 48.6 Å². The van der Waals surface area contributed by atoms with Crippen molar-refractivity contribution in [3.05, 3.63) is 52.0 Å². The van der Waals surface area contributed by atoms with Crippen LogP contribution >= 0.6 is 23.2 Å². The maximum atomic E-state index is 11.3. The van der Waals surface area contributed by atoms with Crippen LogP contribution in [0.1, 0.15) is 37.7 Å². The van der Waals surface area contributed by atoms with Gasteiger partial charge in [0.15, 0.2) is 0 Å². The Morgan fingerprint density at radius 3 is 2.48 bits per heavy atom. The van der Waals surface area contributed by atoms with Crippen LogP contribution in [-0.4, -0.2) is 12.1 Å². The average molecular weight is 379 g/mol. The number of ether oxygens (including phenoxy) is 1. The topological polar surface area (TPSA) is 64.3 Å². The minimum atomic E-state index is -0.123. The zero-order chi connectivity index (χ0) is 18.0. The van der Waals surface area contributed by atoms with E-state index < -0.39 is 0 Å². The third-order valence-electron chi connectivity index (χ3n) is 4.44. The van der Waals surface area contributed by atoms with Gasteiger partial charge >= 0.3 is 5.97 Å². The van der Waals surface area contributed by atoms with Crippen LogP contribution < -0.4 is 11.1 Å². The van der Waals surface area contributed by atoms with Crippen LogP contribution in [0, 0.1) is 0 Å². The molecule has 1 saturated carbocycles. The van der Waals surface area contributed by atoms with Crippen molar-refractivity contribution in [2.75, 3.05) is 11.1 Å². The van der Waals surface area contributed by atoms with E-state index in [1.165, 1.54) is 5.56 Å². The van der Waals surface area contributed by atoms with Crippen molar-refractivity contribution < 1.29 is 9.53 Å². The molecule has 25 heavy (non-hydrogen) atoms. The first-order valence-corrected chi connectivity index (χ1v) is 9.02. The zero-order valence-corrected chi connectivity index (χ0v) is 15.4. The van der Waals surface area contributed by atoms with Gasteiger partial charge in [0.25, 0.3) is 0 Å². The van der Waals surface area contributed by atoms with Crippen LogP contribution in [0.4, 0.5) is 17.1 Å². The van der Waals surface area contributed by atoms with Crippen molar-refractivity contribution in [1.29, 1.82) is 0 Å². The van der Waals surface area contributed by atoms with E-state index in [1.807, 2.05) is 19.1 Å². The fourth-order valence-electron chi connectivity index (χ4n) is 2.87. The predicted octanol–water partition coefficient (Wildman–Crippen LogP) is 5.52. The minimum absolute atomic E-state index is 0.0614. The SMILES string of the molecule is CCC(=O)O[C@H]1C[C@H](c2ccc(Nc3cc(Cl)c(Cl)cc3N)cc2)C1. The quantitative estimate of drug-likeness (QED) is 0.531. The third-order valence-corrected chi connectivity index (χ3v) is 5.16. The van der Waals surface area contributed by atoms with Gasteiger partial charge in [-0.1, -0.05) is 42.3 Å². The van der Waals surface area contributed by atoms with Gasteiger partial charge in [0.2, 0.25) is 0 Å². The lowest BCUT2D eigenvalue weighted by atomic mass is 9.77. The number of benzene rings is 2. The van der Waals surface area contributed by atoms with Gasteiger partial charge in [-0.3, -0.25) is 4.79 Å². The number of nitrogens with one attached hydrogen (secondary N) is 1. The lowest BCUT2D eigenvalue weighted by Crippen LogP contribution is -2.31. The number of carbonyl (C=O) groups excluding carboxylic acids is 1. The summed E-state index contributed by atoms with van der Waals surface area (Å²) in [6.07, 6.45) is 2.27. The molecule has 0 bridgehead atoms. The molecule has 132 valence electrons. The number of hydrogen-bond acceptors (Lipinski definition) is 4. The Balaban J connectivity index is 1.60. The zero-order valence-electron chi connectivity index (χ0n) is 13.9. The number of carbonyl (C=O) groups is 1. The van der Waals surface area contributed by atoms with E-state index in [2.05, 4.69) is 17.4 Å². The molecule has 2 aromatic carbocycles. The van der Waals surface area contributed by atoms with Crippen molar-refractivity contribution in [3.8, 4) is 0 Å². The lowest BCUT2D eigenvalue weighted by molar-refractivity contribution is -0.153. The minimum Gasteiger partial charge on any atom is -0.462 e. The summed E-state index contributed by atoms with van der Waals surface area (Å²) in [5, 5.41) is 4.14. The van der Waals surface area contributed by atoms with E-state index in [1.54, 1.807) is 12.1 Å². The molecular weight excluding hydrogens is 359 g/mol. The van der Waals surface area contributed by atoms with Crippen molar-refractivity contribution in [3.63, 3.8) is 0 Å². The Labute approximate surface area is 157 Å². The maximum Gasteiger partial charge on any atom is 0.305 e. The number of rotatable bonds is 5. The number of nitrogens with two attached hydrogens (primary N) is 1. The molecule has 3 N–H and O–H groups in total. The number of hydrogen-bond donors (Lipinski definition) is 2. The van der Waals surface area contributed by atoms with E-state index in [0.29, 0.717) is 28.1 Å². The number of esters is 1. The van der Waals surface area contributed by atoms with Crippen LogP contribution in [0.5, 0.6) is 0 Å². The molecule has 0 heterocycles. The molecule has 0 saturated heterocycles. The highest BCUT2D eigenvalue weighted by Crippen LogP contribution is 2.39. The van der Waals surface area contributed by atoms with Crippen LogP contribution in [0.15, 0.2) is 36.4 Å². The Bertz CT molecular complexity index is 772. The van der Waals surface area contributed by atoms with Crippen LogP contribution in [-0.2, 0) is 9.53 Å². The highest BCUT2D eigenvalue weighted by Gasteiger charge is 2.32. The van der Waals surface area contributed by atoms with Crippen molar-refractivity contribution in [2.24, 2.45) is 0 Å².